The zero-order valence-electron chi connectivity index (χ0n) is 12.1. The maximum Gasteiger partial charge on any atom is 0.328 e. The highest BCUT2D eigenvalue weighted by Gasteiger charge is 2.92. The minimum atomic E-state index is -1.97. The van der Waals surface area contributed by atoms with Gasteiger partial charge in [0.1, 0.15) is 0 Å². The number of methoxy groups -OCH3 is 3. The highest BCUT2D eigenvalue weighted by atomic mass is 16.6. The van der Waals surface area contributed by atoms with Crippen LogP contribution in [0.2, 0.25) is 0 Å². The Morgan fingerprint density at radius 1 is 1.00 bits per heavy atom. The van der Waals surface area contributed by atoms with Crippen LogP contribution >= 0.6 is 0 Å². The first-order valence-corrected chi connectivity index (χ1v) is 5.99. The molecule has 0 amide bonds. The van der Waals surface area contributed by atoms with Crippen LogP contribution in [0.5, 0.6) is 0 Å². The summed E-state index contributed by atoms with van der Waals surface area (Å²) in [6.45, 7) is 3.40. The van der Waals surface area contributed by atoms with E-state index in [2.05, 4.69) is 14.2 Å². The van der Waals surface area contributed by atoms with Gasteiger partial charge in [-0.1, -0.05) is 13.8 Å². The van der Waals surface area contributed by atoms with Crippen molar-refractivity contribution in [1.29, 1.82) is 5.26 Å². The summed E-state index contributed by atoms with van der Waals surface area (Å²) >= 11 is 0. The molecule has 20 heavy (non-hydrogen) atoms. The Labute approximate surface area is 116 Å². The third kappa shape index (κ3) is 1.54. The SMILES string of the molecule is COC(=O)C1(C(=O)OC)[C@@H](C(C)C)[C@]1(C#N)C(=O)OC. The van der Waals surface area contributed by atoms with E-state index < -0.39 is 34.7 Å². The van der Waals surface area contributed by atoms with Crippen molar-refractivity contribution in [2.24, 2.45) is 22.7 Å². The van der Waals surface area contributed by atoms with Crippen LogP contribution in [0.25, 0.3) is 0 Å². The largest absolute Gasteiger partial charge is 0.468 e. The van der Waals surface area contributed by atoms with Crippen molar-refractivity contribution in [1.82, 2.24) is 0 Å². The molecule has 1 aliphatic carbocycles. The molecular weight excluding hydrogens is 266 g/mol. The number of carbonyl (C=O) groups excluding carboxylic acids is 3. The molecule has 1 rings (SSSR count). The van der Waals surface area contributed by atoms with E-state index in [1.54, 1.807) is 19.9 Å². The van der Waals surface area contributed by atoms with Crippen LogP contribution in [0.4, 0.5) is 0 Å². The van der Waals surface area contributed by atoms with Crippen LogP contribution in [0, 0.1) is 34.0 Å². The molecule has 0 aromatic heterocycles. The second-order valence-corrected chi connectivity index (χ2v) is 4.92. The van der Waals surface area contributed by atoms with Crippen molar-refractivity contribution in [3.05, 3.63) is 0 Å². The summed E-state index contributed by atoms with van der Waals surface area (Å²) in [5, 5.41) is 9.44. The molecule has 2 atom stereocenters. The molecule has 1 saturated carbocycles. The lowest BCUT2D eigenvalue weighted by Crippen LogP contribution is -2.37. The molecule has 1 aliphatic rings. The Hall–Kier alpha value is -2.10. The van der Waals surface area contributed by atoms with E-state index in [1.165, 1.54) is 0 Å². The summed E-state index contributed by atoms with van der Waals surface area (Å²) < 4.78 is 13.9. The van der Waals surface area contributed by atoms with Gasteiger partial charge in [-0.05, 0) is 5.92 Å². The normalized spacial score (nSPS) is 26.4. The van der Waals surface area contributed by atoms with Crippen molar-refractivity contribution in [2.45, 2.75) is 13.8 Å². The van der Waals surface area contributed by atoms with Crippen LogP contribution in [-0.4, -0.2) is 39.2 Å². The summed E-state index contributed by atoms with van der Waals surface area (Å²) in [5.74, 6) is -4.01. The van der Waals surface area contributed by atoms with Crippen LogP contribution in [0.1, 0.15) is 13.8 Å². The third-order valence-corrected chi connectivity index (χ3v) is 3.84. The zero-order chi connectivity index (χ0) is 15.7. The molecule has 7 nitrogen and oxygen atoms in total. The first-order chi connectivity index (χ1) is 9.32. The topological polar surface area (TPSA) is 103 Å². The lowest BCUT2D eigenvalue weighted by atomic mass is 9.93. The summed E-state index contributed by atoms with van der Waals surface area (Å²) in [4.78, 5) is 36.3. The average Bonchev–Trinajstić information content (AvgIpc) is 3.10. The molecule has 1 fully saturated rings. The van der Waals surface area contributed by atoms with Crippen molar-refractivity contribution < 1.29 is 28.6 Å². The molecular formula is C13H17NO6. The Balaban J connectivity index is 3.57. The van der Waals surface area contributed by atoms with Gasteiger partial charge in [-0.3, -0.25) is 14.4 Å². The zero-order valence-corrected chi connectivity index (χ0v) is 12.1. The van der Waals surface area contributed by atoms with Gasteiger partial charge in [0.15, 0.2) is 10.8 Å². The van der Waals surface area contributed by atoms with E-state index >= 15 is 0 Å². The Morgan fingerprint density at radius 2 is 1.40 bits per heavy atom. The van der Waals surface area contributed by atoms with Crippen LogP contribution in [0.15, 0.2) is 0 Å². The first kappa shape index (κ1) is 16.0. The van der Waals surface area contributed by atoms with Crippen LogP contribution in [0.3, 0.4) is 0 Å². The van der Waals surface area contributed by atoms with E-state index in [9.17, 15) is 19.6 Å². The fraction of sp³-hybridized carbons (Fsp3) is 0.692. The molecule has 0 aromatic carbocycles. The van der Waals surface area contributed by atoms with Gasteiger partial charge in [0.2, 0.25) is 0 Å². The Morgan fingerprint density at radius 3 is 1.65 bits per heavy atom. The number of carbonyl (C=O) groups is 3. The van der Waals surface area contributed by atoms with E-state index in [0.717, 1.165) is 21.3 Å². The van der Waals surface area contributed by atoms with Crippen molar-refractivity contribution >= 4 is 17.9 Å². The molecule has 0 saturated heterocycles. The second-order valence-electron chi connectivity index (χ2n) is 4.92. The molecule has 110 valence electrons. The van der Waals surface area contributed by atoms with Gasteiger partial charge in [-0.15, -0.1) is 0 Å². The summed E-state index contributed by atoms with van der Waals surface area (Å²) in [6.07, 6.45) is 0. The van der Waals surface area contributed by atoms with Gasteiger partial charge in [-0.2, -0.15) is 5.26 Å². The first-order valence-electron chi connectivity index (χ1n) is 5.99. The van der Waals surface area contributed by atoms with Crippen molar-refractivity contribution in [3.8, 4) is 6.07 Å². The fourth-order valence-corrected chi connectivity index (χ4v) is 3.14. The lowest BCUT2D eigenvalue weighted by molar-refractivity contribution is -0.167. The summed E-state index contributed by atoms with van der Waals surface area (Å²) in [7, 11) is 3.26. The minimum absolute atomic E-state index is 0.299. The van der Waals surface area contributed by atoms with Crippen LogP contribution < -0.4 is 0 Å². The molecule has 0 aromatic rings. The van der Waals surface area contributed by atoms with E-state index in [0.29, 0.717) is 0 Å². The van der Waals surface area contributed by atoms with Crippen LogP contribution in [-0.2, 0) is 28.6 Å². The number of rotatable bonds is 4. The minimum Gasteiger partial charge on any atom is -0.468 e. The molecule has 0 aliphatic heterocycles. The summed E-state index contributed by atoms with van der Waals surface area (Å²) in [6, 6.07) is 1.78. The maximum atomic E-state index is 12.1. The molecule has 0 bridgehead atoms. The average molecular weight is 283 g/mol. The molecule has 0 spiro atoms. The fourth-order valence-electron chi connectivity index (χ4n) is 3.14. The predicted octanol–water partition coefficient (Wildman–Crippen LogP) is 0.288. The maximum absolute atomic E-state index is 12.1. The quantitative estimate of drug-likeness (QED) is 0.415. The molecule has 7 heteroatoms. The monoisotopic (exact) mass is 283 g/mol. The van der Waals surface area contributed by atoms with Gasteiger partial charge in [0, 0.05) is 5.92 Å². The number of ether oxygens (including phenoxy) is 3. The molecule has 0 unspecified atom stereocenters. The predicted molar refractivity (Wildman–Crippen MR) is 64.9 cm³/mol. The summed E-state index contributed by atoms with van der Waals surface area (Å²) in [5.41, 5.74) is -3.87. The van der Waals surface area contributed by atoms with Gasteiger partial charge in [0.25, 0.3) is 0 Å². The lowest BCUT2D eigenvalue weighted by Gasteiger charge is -2.15. The van der Waals surface area contributed by atoms with Gasteiger partial charge < -0.3 is 14.2 Å². The highest BCUT2D eigenvalue weighted by molar-refractivity contribution is 6.13. The third-order valence-electron chi connectivity index (χ3n) is 3.84. The van der Waals surface area contributed by atoms with Gasteiger partial charge >= 0.3 is 17.9 Å². The second kappa shape index (κ2) is 5.12. The number of hydrogen-bond donors (Lipinski definition) is 0. The molecule has 0 heterocycles. The smallest absolute Gasteiger partial charge is 0.328 e. The standard InChI is InChI=1S/C13H17NO6/c1-7(2)8-12(6-14,9(15)18-3)13(8,10(16)19-4)11(17)20-5/h7-8H,1-5H3/t8-,12+/m0/s1. The number of nitrogens with zero attached hydrogens (tertiary/aromatic N) is 1. The highest BCUT2D eigenvalue weighted by Crippen LogP contribution is 2.73. The van der Waals surface area contributed by atoms with Gasteiger partial charge in [-0.25, -0.2) is 0 Å². The van der Waals surface area contributed by atoms with E-state index in [4.69, 9.17) is 0 Å². The number of hydrogen-bond acceptors (Lipinski definition) is 7. The Kier molecular flexibility index (Phi) is 4.08. The van der Waals surface area contributed by atoms with Gasteiger partial charge in [0.05, 0.1) is 27.4 Å². The van der Waals surface area contributed by atoms with E-state index in [1.807, 2.05) is 0 Å². The van der Waals surface area contributed by atoms with Crippen molar-refractivity contribution in [3.63, 3.8) is 0 Å². The Bertz CT molecular complexity index is 476. The molecule has 0 radical (unpaired) electrons. The van der Waals surface area contributed by atoms with E-state index in [-0.39, 0.29) is 5.92 Å². The molecule has 0 N–H and O–H groups in total. The number of esters is 3. The number of nitriles is 1. The van der Waals surface area contributed by atoms with Crippen molar-refractivity contribution in [2.75, 3.05) is 21.3 Å².